The van der Waals surface area contributed by atoms with Gasteiger partial charge >= 0.3 is 0 Å². The number of nitrogens with one attached hydrogen (secondary N) is 2. The molecule has 5 nitrogen and oxygen atoms in total. The van der Waals surface area contributed by atoms with Crippen LogP contribution in [0.1, 0.15) is 40.0 Å². The smallest absolute Gasteiger partial charge is 0.233 e. The number of amides is 2. The van der Waals surface area contributed by atoms with Gasteiger partial charge in [-0.2, -0.15) is 0 Å². The molecule has 2 amide bonds. The number of unbranched alkanes of at least 4 members (excludes halogenated alkanes) is 1. The Hall–Kier alpha value is -1.10. The second-order valence-corrected chi connectivity index (χ2v) is 4.20. The van der Waals surface area contributed by atoms with Gasteiger partial charge in [0.1, 0.15) is 0 Å². The molecule has 0 aliphatic carbocycles. The number of carbonyl (C=O) groups excluding carboxylic acids is 2. The fourth-order valence-corrected chi connectivity index (χ4v) is 1.60. The molecule has 0 rings (SSSR count). The van der Waals surface area contributed by atoms with E-state index in [1.54, 1.807) is 4.90 Å². The van der Waals surface area contributed by atoms with Crippen molar-refractivity contribution in [3.63, 3.8) is 0 Å². The third-order valence-electron chi connectivity index (χ3n) is 2.77. The Labute approximate surface area is 110 Å². The minimum Gasteiger partial charge on any atom is -0.355 e. The first kappa shape index (κ1) is 16.9. The average molecular weight is 257 g/mol. The zero-order valence-corrected chi connectivity index (χ0v) is 11.9. The summed E-state index contributed by atoms with van der Waals surface area (Å²) in [6.45, 7) is 9.08. The monoisotopic (exact) mass is 257 g/mol. The quantitative estimate of drug-likeness (QED) is 0.568. The first-order chi connectivity index (χ1) is 8.65. The van der Waals surface area contributed by atoms with Gasteiger partial charge in [-0.05, 0) is 20.3 Å². The summed E-state index contributed by atoms with van der Waals surface area (Å²) < 4.78 is 0. The SMILES string of the molecule is CCCCNC(=O)CNCCC(=O)N(CC)CC. The minimum absolute atomic E-state index is 0.00117. The molecule has 0 spiro atoms. The van der Waals surface area contributed by atoms with Crippen molar-refractivity contribution in [2.75, 3.05) is 32.7 Å². The topological polar surface area (TPSA) is 61.4 Å². The summed E-state index contributed by atoms with van der Waals surface area (Å²) in [4.78, 5) is 24.8. The lowest BCUT2D eigenvalue weighted by Gasteiger charge is -2.18. The van der Waals surface area contributed by atoms with Crippen molar-refractivity contribution in [1.29, 1.82) is 0 Å². The van der Waals surface area contributed by atoms with Crippen molar-refractivity contribution in [1.82, 2.24) is 15.5 Å². The number of nitrogens with zero attached hydrogens (tertiary/aromatic N) is 1. The predicted molar refractivity (Wildman–Crippen MR) is 73.3 cm³/mol. The van der Waals surface area contributed by atoms with Gasteiger partial charge in [-0.15, -0.1) is 0 Å². The van der Waals surface area contributed by atoms with E-state index >= 15 is 0 Å². The van der Waals surface area contributed by atoms with Crippen LogP contribution in [-0.2, 0) is 9.59 Å². The van der Waals surface area contributed by atoms with E-state index in [9.17, 15) is 9.59 Å². The second-order valence-electron chi connectivity index (χ2n) is 4.20. The molecule has 0 saturated heterocycles. The van der Waals surface area contributed by atoms with Crippen molar-refractivity contribution in [2.24, 2.45) is 0 Å². The molecule has 0 heterocycles. The van der Waals surface area contributed by atoms with Crippen LogP contribution < -0.4 is 10.6 Å². The summed E-state index contributed by atoms with van der Waals surface area (Å²) >= 11 is 0. The average Bonchev–Trinajstić information content (AvgIpc) is 2.36. The van der Waals surface area contributed by atoms with Crippen molar-refractivity contribution >= 4 is 11.8 Å². The number of hydrogen-bond donors (Lipinski definition) is 2. The maximum atomic E-state index is 11.6. The summed E-state index contributed by atoms with van der Waals surface area (Å²) in [7, 11) is 0. The predicted octanol–water partition coefficient (Wildman–Crippen LogP) is 0.751. The molecule has 2 N–H and O–H groups in total. The van der Waals surface area contributed by atoms with E-state index in [2.05, 4.69) is 17.6 Å². The molecule has 0 saturated carbocycles. The van der Waals surface area contributed by atoms with Crippen LogP contribution in [0.3, 0.4) is 0 Å². The maximum absolute atomic E-state index is 11.6. The van der Waals surface area contributed by atoms with Gasteiger partial charge in [-0.3, -0.25) is 9.59 Å². The highest BCUT2D eigenvalue weighted by molar-refractivity contribution is 5.78. The maximum Gasteiger partial charge on any atom is 0.233 e. The molecule has 0 aromatic heterocycles. The third kappa shape index (κ3) is 8.06. The molecular weight excluding hydrogens is 230 g/mol. The van der Waals surface area contributed by atoms with E-state index < -0.39 is 0 Å². The highest BCUT2D eigenvalue weighted by atomic mass is 16.2. The van der Waals surface area contributed by atoms with Crippen molar-refractivity contribution < 1.29 is 9.59 Å². The molecule has 0 aromatic carbocycles. The van der Waals surface area contributed by atoms with E-state index in [1.807, 2.05) is 13.8 Å². The Morgan fingerprint density at radius 2 is 1.72 bits per heavy atom. The Morgan fingerprint density at radius 1 is 1.06 bits per heavy atom. The van der Waals surface area contributed by atoms with E-state index in [-0.39, 0.29) is 18.4 Å². The number of rotatable bonds is 10. The Balaban J connectivity index is 3.54. The zero-order valence-electron chi connectivity index (χ0n) is 11.9. The third-order valence-corrected chi connectivity index (χ3v) is 2.77. The molecule has 0 unspecified atom stereocenters. The van der Waals surface area contributed by atoms with Crippen LogP contribution in [0.25, 0.3) is 0 Å². The van der Waals surface area contributed by atoms with Crippen LogP contribution >= 0.6 is 0 Å². The molecule has 18 heavy (non-hydrogen) atoms. The Kier molecular flexibility index (Phi) is 10.3. The van der Waals surface area contributed by atoms with Crippen LogP contribution in [0.15, 0.2) is 0 Å². The molecule has 0 aromatic rings. The summed E-state index contributed by atoms with van der Waals surface area (Å²) in [5, 5.41) is 5.81. The summed E-state index contributed by atoms with van der Waals surface area (Å²) in [5.74, 6) is 0.137. The molecule has 0 aliphatic heterocycles. The van der Waals surface area contributed by atoms with Crippen LogP contribution in [0.2, 0.25) is 0 Å². The van der Waals surface area contributed by atoms with Gasteiger partial charge < -0.3 is 15.5 Å². The molecule has 0 aliphatic rings. The van der Waals surface area contributed by atoms with E-state index in [0.717, 1.165) is 32.5 Å². The van der Waals surface area contributed by atoms with E-state index in [4.69, 9.17) is 0 Å². The molecular formula is C13H27N3O2. The van der Waals surface area contributed by atoms with Gasteiger partial charge in [0.15, 0.2) is 0 Å². The van der Waals surface area contributed by atoms with Crippen molar-refractivity contribution in [3.05, 3.63) is 0 Å². The first-order valence-electron chi connectivity index (χ1n) is 6.90. The van der Waals surface area contributed by atoms with Crippen LogP contribution in [0, 0.1) is 0 Å². The highest BCUT2D eigenvalue weighted by Crippen LogP contribution is 1.92. The van der Waals surface area contributed by atoms with Gasteiger partial charge in [-0.1, -0.05) is 13.3 Å². The number of carbonyl (C=O) groups is 2. The van der Waals surface area contributed by atoms with Gasteiger partial charge in [-0.25, -0.2) is 0 Å². The second kappa shape index (κ2) is 11.0. The van der Waals surface area contributed by atoms with Crippen LogP contribution in [0.5, 0.6) is 0 Å². The van der Waals surface area contributed by atoms with Gasteiger partial charge in [0.2, 0.25) is 11.8 Å². The fourth-order valence-electron chi connectivity index (χ4n) is 1.60. The van der Waals surface area contributed by atoms with Gasteiger partial charge in [0, 0.05) is 32.6 Å². The zero-order chi connectivity index (χ0) is 13.8. The lowest BCUT2D eigenvalue weighted by atomic mass is 10.3. The van der Waals surface area contributed by atoms with Crippen LogP contribution in [0.4, 0.5) is 0 Å². The summed E-state index contributed by atoms with van der Waals surface area (Å²) in [6.07, 6.45) is 2.53. The largest absolute Gasteiger partial charge is 0.355 e. The van der Waals surface area contributed by atoms with Gasteiger partial charge in [0.05, 0.1) is 6.54 Å². The van der Waals surface area contributed by atoms with Crippen molar-refractivity contribution in [3.8, 4) is 0 Å². The fraction of sp³-hybridized carbons (Fsp3) is 0.846. The minimum atomic E-state index is -0.00117. The Morgan fingerprint density at radius 3 is 2.28 bits per heavy atom. The lowest BCUT2D eigenvalue weighted by molar-refractivity contribution is -0.131. The molecule has 5 heteroatoms. The molecule has 106 valence electrons. The lowest BCUT2D eigenvalue weighted by Crippen LogP contribution is -2.37. The normalized spacial score (nSPS) is 10.2. The molecule has 0 radical (unpaired) electrons. The summed E-state index contributed by atoms with van der Waals surface area (Å²) in [6, 6.07) is 0. The van der Waals surface area contributed by atoms with E-state index in [0.29, 0.717) is 13.0 Å². The summed E-state index contributed by atoms with van der Waals surface area (Å²) in [5.41, 5.74) is 0. The van der Waals surface area contributed by atoms with Crippen molar-refractivity contribution in [2.45, 2.75) is 40.0 Å². The standard InChI is InChI=1S/C13H27N3O2/c1-4-7-9-15-12(17)11-14-10-8-13(18)16(5-2)6-3/h14H,4-11H2,1-3H3,(H,15,17). The van der Waals surface area contributed by atoms with Gasteiger partial charge in [0.25, 0.3) is 0 Å². The highest BCUT2D eigenvalue weighted by Gasteiger charge is 2.08. The van der Waals surface area contributed by atoms with Crippen LogP contribution in [-0.4, -0.2) is 49.4 Å². The first-order valence-corrected chi connectivity index (χ1v) is 6.90. The molecule has 0 bridgehead atoms. The number of hydrogen-bond acceptors (Lipinski definition) is 3. The molecule has 0 atom stereocenters. The Bertz CT molecular complexity index is 240. The molecule has 0 fully saturated rings. The van der Waals surface area contributed by atoms with E-state index in [1.165, 1.54) is 0 Å².